The van der Waals surface area contributed by atoms with Gasteiger partial charge in [0.05, 0.1) is 15.6 Å². The van der Waals surface area contributed by atoms with Gasteiger partial charge in [0.1, 0.15) is 17.8 Å². The molecule has 11 heteroatoms. The van der Waals surface area contributed by atoms with Gasteiger partial charge in [0.2, 0.25) is 0 Å². The summed E-state index contributed by atoms with van der Waals surface area (Å²) in [5.74, 6) is 0.942. The van der Waals surface area contributed by atoms with Crippen LogP contribution in [-0.4, -0.2) is 31.6 Å². The lowest BCUT2D eigenvalue weighted by Gasteiger charge is -2.21. The number of alkyl halides is 3. The first-order valence-electron chi connectivity index (χ1n) is 9.58. The zero-order valence-electron chi connectivity index (χ0n) is 16.8. The molecule has 3 heterocycles. The summed E-state index contributed by atoms with van der Waals surface area (Å²) in [6.45, 7) is 0. The Kier molecular flexibility index (Phi) is 5.10. The normalized spacial score (nSPS) is 11.9. The van der Waals surface area contributed by atoms with Crippen LogP contribution in [-0.2, 0) is 6.18 Å². The lowest BCUT2D eigenvalue weighted by Crippen LogP contribution is -2.13. The van der Waals surface area contributed by atoms with Crippen LogP contribution in [0.5, 0.6) is 0 Å². The molecule has 0 fully saturated rings. The number of nitrogens with zero attached hydrogens (tertiary/aromatic N) is 6. The molecule has 0 saturated heterocycles. The molecule has 0 unspecified atom stereocenters. The number of hydrogen-bond acceptors (Lipinski definition) is 5. The first-order valence-corrected chi connectivity index (χ1v) is 10.3. The highest BCUT2D eigenvalue weighted by Crippen LogP contribution is 2.36. The SMILES string of the molecule is CN(c1cccc(-c2ccc(C(F)(F)F)nc2)c1)c1nc2nncn2c2cc(Cl)c(Cl)cc12. The molecule has 0 aliphatic rings. The van der Waals surface area contributed by atoms with Crippen molar-refractivity contribution in [3.05, 3.63) is 76.8 Å². The van der Waals surface area contributed by atoms with Gasteiger partial charge in [-0.2, -0.15) is 18.2 Å². The molecule has 0 N–H and O–H groups in total. The van der Waals surface area contributed by atoms with Crippen LogP contribution in [0, 0.1) is 0 Å². The molecule has 0 bridgehead atoms. The van der Waals surface area contributed by atoms with Crippen molar-refractivity contribution in [2.24, 2.45) is 0 Å². The zero-order valence-corrected chi connectivity index (χ0v) is 18.4. The van der Waals surface area contributed by atoms with Gasteiger partial charge >= 0.3 is 6.18 Å². The molecule has 0 atom stereocenters. The van der Waals surface area contributed by atoms with Gasteiger partial charge in [-0.1, -0.05) is 41.4 Å². The fraction of sp³-hybridized carbons (Fsp3) is 0.0909. The third-order valence-electron chi connectivity index (χ3n) is 5.21. The second-order valence-corrected chi connectivity index (χ2v) is 8.07. The van der Waals surface area contributed by atoms with E-state index in [-0.39, 0.29) is 0 Å². The number of anilines is 2. The molecule has 2 aromatic carbocycles. The van der Waals surface area contributed by atoms with Crippen LogP contribution in [0.2, 0.25) is 10.0 Å². The van der Waals surface area contributed by atoms with Crippen molar-refractivity contribution in [2.75, 3.05) is 11.9 Å². The highest BCUT2D eigenvalue weighted by atomic mass is 35.5. The number of aromatic nitrogens is 5. The standard InChI is InChI=1S/C22H13Cl2F3N6/c1-32(14-4-2-3-12(7-14)13-5-6-19(28-10-13)22(25,26)27)20-15-8-16(23)17(24)9-18(15)33-11-29-31-21(33)30-20/h2-11H,1H3. The van der Waals surface area contributed by atoms with Crippen LogP contribution in [0.1, 0.15) is 5.69 Å². The fourth-order valence-electron chi connectivity index (χ4n) is 3.55. The lowest BCUT2D eigenvalue weighted by atomic mass is 10.1. The molecule has 0 aliphatic carbocycles. The van der Waals surface area contributed by atoms with E-state index in [0.717, 1.165) is 22.7 Å². The van der Waals surface area contributed by atoms with Crippen molar-refractivity contribution in [1.82, 2.24) is 24.6 Å². The third-order valence-corrected chi connectivity index (χ3v) is 5.94. The fourth-order valence-corrected chi connectivity index (χ4v) is 3.87. The molecule has 5 rings (SSSR count). The Hall–Kier alpha value is -3.43. The lowest BCUT2D eigenvalue weighted by molar-refractivity contribution is -0.141. The van der Waals surface area contributed by atoms with Crippen molar-refractivity contribution >= 4 is 51.4 Å². The average molecular weight is 489 g/mol. The third kappa shape index (κ3) is 3.83. The summed E-state index contributed by atoms with van der Waals surface area (Å²) in [4.78, 5) is 10.0. The maximum absolute atomic E-state index is 12.8. The second-order valence-electron chi connectivity index (χ2n) is 7.26. The van der Waals surface area contributed by atoms with Crippen molar-refractivity contribution in [2.45, 2.75) is 6.18 Å². The second kappa shape index (κ2) is 7.86. The van der Waals surface area contributed by atoms with Crippen molar-refractivity contribution in [3.8, 4) is 11.1 Å². The molecule has 0 aliphatic heterocycles. The highest BCUT2D eigenvalue weighted by molar-refractivity contribution is 6.42. The number of hydrogen-bond donors (Lipinski definition) is 0. The van der Waals surface area contributed by atoms with E-state index in [1.54, 1.807) is 28.7 Å². The van der Waals surface area contributed by atoms with Gasteiger partial charge in [0.15, 0.2) is 0 Å². The summed E-state index contributed by atoms with van der Waals surface area (Å²) in [6.07, 6.45) is -1.74. The summed E-state index contributed by atoms with van der Waals surface area (Å²) in [5.41, 5.74) is 1.79. The smallest absolute Gasteiger partial charge is 0.329 e. The molecule has 0 saturated carbocycles. The molecule has 33 heavy (non-hydrogen) atoms. The number of fused-ring (bicyclic) bond motifs is 3. The summed E-state index contributed by atoms with van der Waals surface area (Å²) in [6, 6.07) is 13.1. The predicted octanol–water partition coefficient (Wildman–Crippen LogP) is 6.43. The summed E-state index contributed by atoms with van der Waals surface area (Å²) >= 11 is 12.5. The monoisotopic (exact) mass is 488 g/mol. The van der Waals surface area contributed by atoms with Crippen molar-refractivity contribution < 1.29 is 13.2 Å². The maximum atomic E-state index is 12.8. The summed E-state index contributed by atoms with van der Waals surface area (Å²) < 4.78 is 40.2. The van der Waals surface area contributed by atoms with Gasteiger partial charge in [-0.25, -0.2) is 0 Å². The number of halogens is 5. The van der Waals surface area contributed by atoms with Crippen LogP contribution in [0.25, 0.3) is 27.8 Å². The molecule has 0 amide bonds. The topological polar surface area (TPSA) is 59.2 Å². The first-order chi connectivity index (χ1) is 15.7. The molecule has 0 spiro atoms. The van der Waals surface area contributed by atoms with E-state index in [1.165, 1.54) is 18.6 Å². The van der Waals surface area contributed by atoms with Crippen molar-refractivity contribution in [3.63, 3.8) is 0 Å². The molecule has 166 valence electrons. The van der Waals surface area contributed by atoms with Gasteiger partial charge in [0, 0.05) is 29.9 Å². The molecular weight excluding hydrogens is 476 g/mol. The van der Waals surface area contributed by atoms with E-state index >= 15 is 0 Å². The summed E-state index contributed by atoms with van der Waals surface area (Å²) in [7, 11) is 1.82. The Morgan fingerprint density at radius 3 is 2.48 bits per heavy atom. The minimum absolute atomic E-state index is 0.373. The molecule has 5 aromatic rings. The van der Waals surface area contributed by atoms with Crippen LogP contribution in [0.3, 0.4) is 0 Å². The molecule has 3 aromatic heterocycles. The predicted molar refractivity (Wildman–Crippen MR) is 121 cm³/mol. The van der Waals surface area contributed by atoms with E-state index in [0.29, 0.717) is 32.8 Å². The van der Waals surface area contributed by atoms with E-state index in [9.17, 15) is 13.2 Å². The van der Waals surface area contributed by atoms with E-state index < -0.39 is 11.9 Å². The quantitative estimate of drug-likeness (QED) is 0.292. The summed E-state index contributed by atoms with van der Waals surface area (Å²) in [5, 5.41) is 9.45. The van der Waals surface area contributed by atoms with Crippen LogP contribution < -0.4 is 4.90 Å². The largest absolute Gasteiger partial charge is 0.433 e. The Bertz CT molecular complexity index is 1500. The zero-order chi connectivity index (χ0) is 23.3. The Labute approximate surface area is 195 Å². The Balaban J connectivity index is 1.60. The highest BCUT2D eigenvalue weighted by Gasteiger charge is 2.32. The van der Waals surface area contributed by atoms with Gasteiger partial charge < -0.3 is 4.90 Å². The Morgan fingerprint density at radius 2 is 1.76 bits per heavy atom. The van der Waals surface area contributed by atoms with Gasteiger partial charge in [-0.05, 0) is 35.9 Å². The average Bonchev–Trinajstić information content (AvgIpc) is 3.27. The molecule has 6 nitrogen and oxygen atoms in total. The number of benzene rings is 2. The van der Waals surface area contributed by atoms with Crippen LogP contribution >= 0.6 is 23.2 Å². The minimum atomic E-state index is -4.49. The van der Waals surface area contributed by atoms with E-state index in [1.807, 2.05) is 24.1 Å². The maximum Gasteiger partial charge on any atom is 0.433 e. The van der Waals surface area contributed by atoms with E-state index in [4.69, 9.17) is 23.2 Å². The Morgan fingerprint density at radius 1 is 0.970 bits per heavy atom. The molecule has 0 radical (unpaired) electrons. The van der Waals surface area contributed by atoms with Gasteiger partial charge in [0.25, 0.3) is 5.78 Å². The van der Waals surface area contributed by atoms with E-state index in [2.05, 4.69) is 20.2 Å². The number of rotatable bonds is 3. The first kappa shape index (κ1) is 21.4. The van der Waals surface area contributed by atoms with Gasteiger partial charge in [-0.15, -0.1) is 10.2 Å². The minimum Gasteiger partial charge on any atom is -0.329 e. The number of pyridine rings is 1. The molecular formula is C22H13Cl2F3N6. The van der Waals surface area contributed by atoms with Crippen LogP contribution in [0.15, 0.2) is 61.1 Å². The van der Waals surface area contributed by atoms with Gasteiger partial charge in [-0.3, -0.25) is 9.38 Å². The van der Waals surface area contributed by atoms with Crippen molar-refractivity contribution in [1.29, 1.82) is 0 Å². The van der Waals surface area contributed by atoms with Crippen LogP contribution in [0.4, 0.5) is 24.7 Å².